The van der Waals surface area contributed by atoms with Crippen molar-refractivity contribution in [1.29, 1.82) is 0 Å². The van der Waals surface area contributed by atoms with Crippen molar-refractivity contribution in [2.24, 2.45) is 5.92 Å². The van der Waals surface area contributed by atoms with Crippen LogP contribution >= 0.6 is 0 Å². The minimum atomic E-state index is 0.455. The first-order valence-corrected chi connectivity index (χ1v) is 10.2. The second kappa shape index (κ2) is 8.01. The fraction of sp³-hybridized carbons (Fsp3) is 0.850. The number of hydrogen-bond acceptors (Lipinski definition) is 3. The summed E-state index contributed by atoms with van der Waals surface area (Å²) in [7, 11) is 0. The summed E-state index contributed by atoms with van der Waals surface area (Å²) in [5, 5.41) is 0. The van der Waals surface area contributed by atoms with Gasteiger partial charge in [0.05, 0.1) is 18.1 Å². The molecule has 1 aromatic heterocycles. The topological polar surface area (TPSA) is 30.3 Å². The molecule has 4 heteroatoms. The van der Waals surface area contributed by atoms with Crippen LogP contribution in [0.2, 0.25) is 0 Å². The van der Waals surface area contributed by atoms with Crippen LogP contribution in [0, 0.1) is 5.92 Å². The Morgan fingerprint density at radius 2 is 1.88 bits per heavy atom. The van der Waals surface area contributed by atoms with E-state index in [0.29, 0.717) is 12.1 Å². The molecular formula is C20H33N3O. The molecule has 1 aromatic rings. The maximum absolute atomic E-state index is 5.92. The Labute approximate surface area is 146 Å². The standard InChI is InChI=1S/C20H33N3O/c1-2-8-18(9-3-1)23-16-21-12-19(23)14-22(13-17-6-4-7-17)15-20-10-5-11-24-20/h12,16-18,20H,1-11,13-15H2/t20-/m0/s1. The van der Waals surface area contributed by atoms with Crippen molar-refractivity contribution in [2.75, 3.05) is 19.7 Å². The number of hydrogen-bond donors (Lipinski definition) is 0. The first-order valence-electron chi connectivity index (χ1n) is 10.2. The average molecular weight is 332 g/mol. The van der Waals surface area contributed by atoms with Gasteiger partial charge in [-0.1, -0.05) is 25.7 Å². The third-order valence-electron chi connectivity index (χ3n) is 6.33. The van der Waals surface area contributed by atoms with Gasteiger partial charge in [0.1, 0.15) is 0 Å². The van der Waals surface area contributed by atoms with E-state index in [4.69, 9.17) is 4.74 Å². The van der Waals surface area contributed by atoms with Gasteiger partial charge in [0.15, 0.2) is 0 Å². The molecule has 0 unspecified atom stereocenters. The summed E-state index contributed by atoms with van der Waals surface area (Å²) in [5.74, 6) is 0.914. The molecule has 4 nitrogen and oxygen atoms in total. The van der Waals surface area contributed by atoms with Crippen molar-refractivity contribution < 1.29 is 4.74 Å². The molecule has 2 saturated carbocycles. The lowest BCUT2D eigenvalue weighted by Gasteiger charge is -2.34. The summed E-state index contributed by atoms with van der Waals surface area (Å²) in [6, 6.07) is 0.685. The summed E-state index contributed by atoms with van der Waals surface area (Å²) in [5.41, 5.74) is 1.42. The maximum Gasteiger partial charge on any atom is 0.0951 e. The predicted molar refractivity (Wildman–Crippen MR) is 95.9 cm³/mol. The van der Waals surface area contributed by atoms with Crippen LogP contribution in [0.25, 0.3) is 0 Å². The van der Waals surface area contributed by atoms with E-state index in [0.717, 1.165) is 25.6 Å². The highest BCUT2D eigenvalue weighted by Gasteiger charge is 2.26. The molecule has 1 saturated heterocycles. The van der Waals surface area contributed by atoms with E-state index in [1.807, 2.05) is 0 Å². The Balaban J connectivity index is 1.41. The minimum Gasteiger partial charge on any atom is -0.377 e. The summed E-state index contributed by atoms with van der Waals surface area (Å²) in [6.07, 6.45) is 18.2. The van der Waals surface area contributed by atoms with Gasteiger partial charge in [-0.2, -0.15) is 0 Å². The molecular weight excluding hydrogens is 298 g/mol. The van der Waals surface area contributed by atoms with Gasteiger partial charge in [-0.15, -0.1) is 0 Å². The van der Waals surface area contributed by atoms with Crippen LogP contribution in [0.4, 0.5) is 0 Å². The van der Waals surface area contributed by atoms with E-state index in [9.17, 15) is 0 Å². The van der Waals surface area contributed by atoms with Crippen molar-refractivity contribution in [3.8, 4) is 0 Å². The fourth-order valence-electron chi connectivity index (χ4n) is 4.69. The van der Waals surface area contributed by atoms with E-state index >= 15 is 0 Å². The first-order chi connectivity index (χ1) is 11.9. The van der Waals surface area contributed by atoms with Crippen LogP contribution < -0.4 is 0 Å². The highest BCUT2D eigenvalue weighted by Crippen LogP contribution is 2.31. The van der Waals surface area contributed by atoms with Crippen molar-refractivity contribution in [1.82, 2.24) is 14.5 Å². The second-order valence-corrected chi connectivity index (χ2v) is 8.21. The molecule has 0 spiro atoms. The van der Waals surface area contributed by atoms with Crippen LogP contribution in [-0.4, -0.2) is 40.3 Å². The van der Waals surface area contributed by atoms with Crippen LogP contribution in [0.15, 0.2) is 12.5 Å². The van der Waals surface area contributed by atoms with Crippen molar-refractivity contribution in [3.63, 3.8) is 0 Å². The SMILES string of the molecule is c1ncn(C2CCCCC2)c1CN(CC1CCC1)C[C@@H]1CCCO1. The highest BCUT2D eigenvalue weighted by atomic mass is 16.5. The van der Waals surface area contributed by atoms with E-state index in [1.54, 1.807) is 0 Å². The van der Waals surface area contributed by atoms with Gasteiger partial charge >= 0.3 is 0 Å². The Hall–Kier alpha value is -0.870. The van der Waals surface area contributed by atoms with E-state index in [2.05, 4.69) is 27.0 Å². The maximum atomic E-state index is 5.92. The van der Waals surface area contributed by atoms with Crippen LogP contribution in [0.5, 0.6) is 0 Å². The largest absolute Gasteiger partial charge is 0.377 e. The second-order valence-electron chi connectivity index (χ2n) is 8.21. The molecule has 0 amide bonds. The molecule has 0 radical (unpaired) electrons. The van der Waals surface area contributed by atoms with Crippen LogP contribution in [-0.2, 0) is 11.3 Å². The van der Waals surface area contributed by atoms with Gasteiger partial charge in [-0.05, 0) is 44.4 Å². The lowest BCUT2D eigenvalue weighted by Crippen LogP contribution is -2.38. The molecule has 134 valence electrons. The van der Waals surface area contributed by atoms with Crippen LogP contribution in [0.3, 0.4) is 0 Å². The molecule has 24 heavy (non-hydrogen) atoms. The molecule has 2 aliphatic carbocycles. The number of aromatic nitrogens is 2. The normalized spacial score (nSPS) is 26.1. The monoisotopic (exact) mass is 331 g/mol. The molecule has 4 rings (SSSR count). The van der Waals surface area contributed by atoms with Gasteiger partial charge in [-0.3, -0.25) is 4.90 Å². The van der Waals surface area contributed by atoms with E-state index in [1.165, 1.54) is 76.4 Å². The van der Waals surface area contributed by atoms with Gasteiger partial charge in [0, 0.05) is 38.5 Å². The molecule has 2 heterocycles. The average Bonchev–Trinajstić information content (AvgIpc) is 3.23. The Bertz CT molecular complexity index is 499. The molecule has 3 aliphatic rings. The quantitative estimate of drug-likeness (QED) is 0.751. The van der Waals surface area contributed by atoms with Gasteiger partial charge in [-0.25, -0.2) is 4.98 Å². The first kappa shape index (κ1) is 16.6. The predicted octanol–water partition coefficient (Wildman–Crippen LogP) is 4.17. The summed E-state index contributed by atoms with van der Waals surface area (Å²) in [4.78, 5) is 7.16. The zero-order valence-corrected chi connectivity index (χ0v) is 15.0. The molecule has 0 aromatic carbocycles. The number of rotatable bonds is 7. The van der Waals surface area contributed by atoms with Gasteiger partial charge in [0.2, 0.25) is 0 Å². The van der Waals surface area contributed by atoms with E-state index in [-0.39, 0.29) is 0 Å². The fourth-order valence-corrected chi connectivity index (χ4v) is 4.69. The summed E-state index contributed by atoms with van der Waals surface area (Å²) >= 11 is 0. The Morgan fingerprint density at radius 1 is 1.00 bits per heavy atom. The molecule has 3 fully saturated rings. The summed E-state index contributed by atoms with van der Waals surface area (Å²) in [6.45, 7) is 4.36. The minimum absolute atomic E-state index is 0.455. The molecule has 0 N–H and O–H groups in total. The Morgan fingerprint density at radius 3 is 2.58 bits per heavy atom. The highest BCUT2D eigenvalue weighted by molar-refractivity contribution is 5.01. The van der Waals surface area contributed by atoms with Gasteiger partial charge < -0.3 is 9.30 Å². The zero-order chi connectivity index (χ0) is 16.2. The lowest BCUT2D eigenvalue weighted by molar-refractivity contribution is 0.0568. The Kier molecular flexibility index (Phi) is 5.53. The molecule has 1 atom stereocenters. The number of imidazole rings is 1. The number of ether oxygens (including phenoxy) is 1. The van der Waals surface area contributed by atoms with Gasteiger partial charge in [0.25, 0.3) is 0 Å². The third kappa shape index (κ3) is 4.02. The van der Waals surface area contributed by atoms with Crippen LogP contribution in [0.1, 0.15) is 75.9 Å². The van der Waals surface area contributed by atoms with Crippen molar-refractivity contribution >= 4 is 0 Å². The van der Waals surface area contributed by atoms with Crippen molar-refractivity contribution in [3.05, 3.63) is 18.2 Å². The van der Waals surface area contributed by atoms with Crippen molar-refractivity contribution in [2.45, 2.75) is 82.9 Å². The molecule has 1 aliphatic heterocycles. The molecule has 0 bridgehead atoms. The zero-order valence-electron chi connectivity index (χ0n) is 15.0. The summed E-state index contributed by atoms with van der Waals surface area (Å²) < 4.78 is 8.41. The number of nitrogens with zero attached hydrogens (tertiary/aromatic N) is 3. The lowest BCUT2D eigenvalue weighted by atomic mass is 9.85. The smallest absolute Gasteiger partial charge is 0.0951 e. The third-order valence-corrected chi connectivity index (χ3v) is 6.33. The van der Waals surface area contributed by atoms with E-state index < -0.39 is 0 Å².